The maximum absolute atomic E-state index is 12.9. The Balaban J connectivity index is 2.83. The molecule has 0 saturated carbocycles. The smallest absolute Gasteiger partial charge is 0.243 e. The molecule has 0 bridgehead atoms. The van der Waals surface area contributed by atoms with E-state index in [0.717, 1.165) is 5.56 Å². The van der Waals surface area contributed by atoms with Crippen LogP contribution in [0.5, 0.6) is 0 Å². The topological polar surface area (TPSA) is 208 Å². The molecule has 0 saturated heterocycles. The Morgan fingerprint density at radius 1 is 0.794 bits per heavy atom. The van der Waals surface area contributed by atoms with Crippen LogP contribution in [-0.4, -0.2) is 60.9 Å². The van der Waals surface area contributed by atoms with E-state index in [1.165, 1.54) is 0 Å². The molecule has 1 rings (SSSR count). The van der Waals surface area contributed by atoms with Crippen molar-refractivity contribution in [1.29, 1.82) is 0 Å². The van der Waals surface area contributed by atoms with E-state index in [1.54, 1.807) is 0 Å². The molecule has 0 aliphatic carbocycles. The van der Waals surface area contributed by atoms with Crippen LogP contribution in [0.25, 0.3) is 0 Å². The first kappa shape index (κ1) is 29.0. The Labute approximate surface area is 200 Å². The van der Waals surface area contributed by atoms with Gasteiger partial charge in [-0.2, -0.15) is 0 Å². The Hall–Kier alpha value is -3.02. The van der Waals surface area contributed by atoms with Crippen molar-refractivity contribution in [1.82, 2.24) is 16.0 Å². The number of hydrogen-bond acceptors (Lipinski definition) is 7. The van der Waals surface area contributed by atoms with E-state index in [9.17, 15) is 19.2 Å². The molecule has 1 aromatic carbocycles. The van der Waals surface area contributed by atoms with Gasteiger partial charge in [-0.15, -0.1) is 0 Å². The third-order valence-corrected chi connectivity index (χ3v) is 5.18. The van der Waals surface area contributed by atoms with Gasteiger partial charge in [0, 0.05) is 0 Å². The molecular formula is C23H39N7O4. The third-order valence-electron chi connectivity index (χ3n) is 5.18. The zero-order valence-electron chi connectivity index (χ0n) is 20.0. The summed E-state index contributed by atoms with van der Waals surface area (Å²) in [6.07, 6.45) is 0.924. The van der Waals surface area contributed by atoms with Crippen LogP contribution in [0.4, 0.5) is 0 Å². The summed E-state index contributed by atoms with van der Waals surface area (Å²) in [5.41, 5.74) is 23.5. The molecule has 11 heteroatoms. The number of amides is 4. The van der Waals surface area contributed by atoms with Gasteiger partial charge in [-0.25, -0.2) is 0 Å². The Kier molecular flexibility index (Phi) is 12.8. The van der Waals surface area contributed by atoms with Crippen LogP contribution in [0.3, 0.4) is 0 Å². The van der Waals surface area contributed by atoms with Crippen LogP contribution in [0.15, 0.2) is 30.3 Å². The van der Waals surface area contributed by atoms with Crippen molar-refractivity contribution >= 4 is 23.6 Å². The summed E-state index contributed by atoms with van der Waals surface area (Å²) in [5, 5.41) is 7.80. The van der Waals surface area contributed by atoms with Gasteiger partial charge in [-0.1, -0.05) is 44.2 Å². The van der Waals surface area contributed by atoms with Gasteiger partial charge >= 0.3 is 0 Å². The molecule has 0 fully saturated rings. The van der Waals surface area contributed by atoms with Crippen LogP contribution in [0.2, 0.25) is 0 Å². The van der Waals surface area contributed by atoms with Crippen molar-refractivity contribution in [2.24, 2.45) is 28.9 Å². The van der Waals surface area contributed by atoms with Gasteiger partial charge in [-0.05, 0) is 50.3 Å². The van der Waals surface area contributed by atoms with Crippen LogP contribution < -0.4 is 38.9 Å². The monoisotopic (exact) mass is 477 g/mol. The van der Waals surface area contributed by atoms with Crippen molar-refractivity contribution in [2.45, 2.75) is 63.7 Å². The summed E-state index contributed by atoms with van der Waals surface area (Å²) in [6, 6.07) is 5.51. The number of rotatable bonds is 15. The first-order chi connectivity index (χ1) is 16.1. The molecule has 11 nitrogen and oxygen atoms in total. The minimum atomic E-state index is -1.01. The normalized spacial score (nSPS) is 14.5. The fourth-order valence-electron chi connectivity index (χ4n) is 3.37. The molecule has 0 unspecified atom stereocenters. The lowest BCUT2D eigenvalue weighted by Crippen LogP contribution is -2.58. The van der Waals surface area contributed by atoms with E-state index in [0.29, 0.717) is 12.8 Å². The van der Waals surface area contributed by atoms with Gasteiger partial charge in [0.25, 0.3) is 0 Å². The van der Waals surface area contributed by atoms with E-state index < -0.39 is 47.8 Å². The lowest BCUT2D eigenvalue weighted by Gasteiger charge is -2.25. The molecule has 4 amide bonds. The summed E-state index contributed by atoms with van der Waals surface area (Å²) in [4.78, 5) is 50.0. The van der Waals surface area contributed by atoms with Gasteiger partial charge in [0.1, 0.15) is 18.1 Å². The fourth-order valence-corrected chi connectivity index (χ4v) is 3.37. The van der Waals surface area contributed by atoms with Crippen molar-refractivity contribution in [3.05, 3.63) is 35.9 Å². The molecule has 0 heterocycles. The highest BCUT2D eigenvalue weighted by molar-refractivity contribution is 5.94. The molecule has 0 aromatic heterocycles. The van der Waals surface area contributed by atoms with E-state index in [4.69, 9.17) is 22.9 Å². The average Bonchev–Trinajstić information content (AvgIpc) is 2.78. The highest BCUT2D eigenvalue weighted by Gasteiger charge is 2.29. The lowest BCUT2D eigenvalue weighted by molar-refractivity contribution is -0.133. The zero-order chi connectivity index (χ0) is 25.7. The summed E-state index contributed by atoms with van der Waals surface area (Å²) < 4.78 is 0. The van der Waals surface area contributed by atoms with Gasteiger partial charge in [0.15, 0.2) is 0 Å². The zero-order valence-corrected chi connectivity index (χ0v) is 20.0. The first-order valence-corrected chi connectivity index (χ1v) is 11.5. The van der Waals surface area contributed by atoms with E-state index in [-0.39, 0.29) is 31.8 Å². The van der Waals surface area contributed by atoms with E-state index in [1.807, 2.05) is 44.2 Å². The Bertz CT molecular complexity index is 804. The molecule has 4 atom stereocenters. The van der Waals surface area contributed by atoms with Crippen molar-refractivity contribution < 1.29 is 19.2 Å². The number of nitrogens with one attached hydrogen (secondary N) is 3. The van der Waals surface area contributed by atoms with E-state index in [2.05, 4.69) is 16.0 Å². The van der Waals surface area contributed by atoms with Crippen molar-refractivity contribution in [3.63, 3.8) is 0 Å². The van der Waals surface area contributed by atoms with Gasteiger partial charge in [0.2, 0.25) is 23.6 Å². The number of benzene rings is 1. The molecule has 0 aliphatic heterocycles. The maximum Gasteiger partial charge on any atom is 0.243 e. The second-order valence-corrected chi connectivity index (χ2v) is 8.67. The van der Waals surface area contributed by atoms with Gasteiger partial charge in [-0.3, -0.25) is 19.2 Å². The molecular weight excluding hydrogens is 438 g/mol. The van der Waals surface area contributed by atoms with E-state index >= 15 is 0 Å². The largest absolute Gasteiger partial charge is 0.368 e. The number of primary amides is 1. The number of carbonyl (C=O) groups excluding carboxylic acids is 4. The van der Waals surface area contributed by atoms with Crippen molar-refractivity contribution in [2.75, 3.05) is 13.1 Å². The highest BCUT2D eigenvalue weighted by atomic mass is 16.2. The highest BCUT2D eigenvalue weighted by Crippen LogP contribution is 2.06. The molecule has 1 aromatic rings. The number of hydrogen-bond donors (Lipinski definition) is 7. The molecule has 34 heavy (non-hydrogen) atoms. The first-order valence-electron chi connectivity index (χ1n) is 11.5. The average molecular weight is 478 g/mol. The minimum absolute atomic E-state index is 0.111. The van der Waals surface area contributed by atoms with Crippen LogP contribution >= 0.6 is 0 Å². The summed E-state index contributed by atoms with van der Waals surface area (Å²) in [5.74, 6) is -2.24. The quantitative estimate of drug-likeness (QED) is 0.155. The predicted octanol–water partition coefficient (Wildman–Crippen LogP) is -1.76. The molecule has 0 aliphatic rings. The second kappa shape index (κ2) is 15.0. The number of carbonyl (C=O) groups is 4. The van der Waals surface area contributed by atoms with Gasteiger partial charge < -0.3 is 38.9 Å². The second-order valence-electron chi connectivity index (χ2n) is 8.67. The molecule has 11 N–H and O–H groups in total. The van der Waals surface area contributed by atoms with Gasteiger partial charge in [0.05, 0.1) is 6.04 Å². The molecule has 190 valence electrons. The van der Waals surface area contributed by atoms with Crippen molar-refractivity contribution in [3.8, 4) is 0 Å². The fraction of sp³-hybridized carbons (Fsp3) is 0.565. The predicted molar refractivity (Wildman–Crippen MR) is 130 cm³/mol. The Morgan fingerprint density at radius 3 is 1.71 bits per heavy atom. The standard InChI is InChI=1S/C23H39N7O4/c1-14(2)12-19(20(27)31)30-23(34)18(9-11-25)29-22(33)17(8-10-24)28-21(32)16(26)13-15-6-4-3-5-7-15/h3-7,14,16-19H,8-13,24-26H2,1-2H3,(H2,27,31)(H,28,32)(H,29,33)(H,30,34)/t16-,17+,18+,19+/m1/s1. The summed E-state index contributed by atoms with van der Waals surface area (Å²) >= 11 is 0. The minimum Gasteiger partial charge on any atom is -0.368 e. The number of nitrogens with two attached hydrogens (primary N) is 4. The van der Waals surface area contributed by atoms with Crippen LogP contribution in [-0.2, 0) is 25.6 Å². The SMILES string of the molecule is CC(C)C[C@H](NC(=O)[C@H](CCN)NC(=O)[C@H](CCN)NC(=O)[C@H](N)Cc1ccccc1)C(N)=O. The molecule has 0 spiro atoms. The Morgan fingerprint density at radius 2 is 1.26 bits per heavy atom. The molecule has 0 radical (unpaired) electrons. The summed E-state index contributed by atoms with van der Waals surface area (Å²) in [7, 11) is 0. The van der Waals surface area contributed by atoms with Crippen LogP contribution in [0, 0.1) is 5.92 Å². The van der Waals surface area contributed by atoms with Crippen LogP contribution in [0.1, 0.15) is 38.7 Å². The summed E-state index contributed by atoms with van der Waals surface area (Å²) in [6.45, 7) is 4.02. The third kappa shape index (κ3) is 10.3. The lowest BCUT2D eigenvalue weighted by atomic mass is 10.0. The maximum atomic E-state index is 12.9.